The lowest BCUT2D eigenvalue weighted by atomic mass is 9.94. The predicted octanol–water partition coefficient (Wildman–Crippen LogP) is 3.35. The molecule has 2 rings (SSSR count). The van der Waals surface area contributed by atoms with Crippen molar-refractivity contribution in [1.82, 2.24) is 5.32 Å². The van der Waals surface area contributed by atoms with Crippen molar-refractivity contribution >= 4 is 0 Å². The largest absolute Gasteiger partial charge is 0.316 e. The third kappa shape index (κ3) is 2.46. The molecule has 0 heterocycles. The molecule has 0 saturated heterocycles. The second-order valence-corrected chi connectivity index (χ2v) is 5.01. The lowest BCUT2D eigenvalue weighted by Gasteiger charge is -2.16. The zero-order chi connectivity index (χ0) is 11.4. The minimum Gasteiger partial charge on any atom is -0.316 e. The summed E-state index contributed by atoms with van der Waals surface area (Å²) in [6, 6.07) is 8.92. The molecule has 1 aromatic carbocycles. The zero-order valence-electron chi connectivity index (χ0n) is 10.5. The van der Waals surface area contributed by atoms with E-state index >= 15 is 0 Å². The van der Waals surface area contributed by atoms with Crippen LogP contribution >= 0.6 is 0 Å². The van der Waals surface area contributed by atoms with E-state index in [1.54, 1.807) is 11.1 Å². The topological polar surface area (TPSA) is 12.0 Å². The Morgan fingerprint density at radius 1 is 1.31 bits per heavy atom. The second-order valence-electron chi connectivity index (χ2n) is 5.01. The molecule has 0 spiro atoms. The summed E-state index contributed by atoms with van der Waals surface area (Å²) in [5.41, 5.74) is 3.14. The predicted molar refractivity (Wildman–Crippen MR) is 69.8 cm³/mol. The van der Waals surface area contributed by atoms with Crippen LogP contribution in [0.2, 0.25) is 0 Å². The Hall–Kier alpha value is -0.820. The van der Waals surface area contributed by atoms with Gasteiger partial charge in [-0.2, -0.15) is 0 Å². The summed E-state index contributed by atoms with van der Waals surface area (Å²) in [7, 11) is 0. The molecule has 1 nitrogen and oxygen atoms in total. The molecule has 0 bridgehead atoms. The second kappa shape index (κ2) is 5.49. The molecule has 0 aromatic heterocycles. The van der Waals surface area contributed by atoms with E-state index in [0.29, 0.717) is 0 Å². The molecule has 0 radical (unpaired) electrons. The van der Waals surface area contributed by atoms with Crippen LogP contribution < -0.4 is 5.32 Å². The quantitative estimate of drug-likeness (QED) is 0.746. The molecule has 0 amide bonds. The van der Waals surface area contributed by atoms with Gasteiger partial charge < -0.3 is 5.32 Å². The molecule has 0 aliphatic heterocycles. The van der Waals surface area contributed by atoms with Crippen LogP contribution in [0.25, 0.3) is 0 Å². The molecule has 16 heavy (non-hydrogen) atoms. The van der Waals surface area contributed by atoms with Gasteiger partial charge in [0.25, 0.3) is 0 Å². The van der Waals surface area contributed by atoms with Gasteiger partial charge in [-0.1, -0.05) is 44.5 Å². The zero-order valence-corrected chi connectivity index (χ0v) is 10.5. The Labute approximate surface area is 99.3 Å². The Balaban J connectivity index is 1.87. The summed E-state index contributed by atoms with van der Waals surface area (Å²) in [6.45, 7) is 6.97. The fourth-order valence-electron chi connectivity index (χ4n) is 2.72. The number of hydrogen-bond acceptors (Lipinski definition) is 1. The fraction of sp³-hybridized carbons (Fsp3) is 0.600. The maximum atomic E-state index is 3.59. The van der Waals surface area contributed by atoms with Crippen molar-refractivity contribution in [2.45, 2.75) is 39.0 Å². The lowest BCUT2D eigenvalue weighted by Crippen LogP contribution is -2.25. The Kier molecular flexibility index (Phi) is 4.00. The molecule has 1 aliphatic rings. The van der Waals surface area contributed by atoms with Crippen LogP contribution in [0, 0.1) is 5.92 Å². The average Bonchev–Trinajstić information content (AvgIpc) is 2.63. The number of hydrogen-bond donors (Lipinski definition) is 1. The van der Waals surface area contributed by atoms with E-state index in [2.05, 4.69) is 43.4 Å². The van der Waals surface area contributed by atoms with Gasteiger partial charge in [0.05, 0.1) is 0 Å². The Morgan fingerprint density at radius 2 is 2.12 bits per heavy atom. The van der Waals surface area contributed by atoms with Crippen LogP contribution in [-0.2, 0) is 6.42 Å². The van der Waals surface area contributed by atoms with Crippen molar-refractivity contribution in [3.05, 3.63) is 35.4 Å². The molecular weight excluding hydrogens is 194 g/mol. The van der Waals surface area contributed by atoms with E-state index in [4.69, 9.17) is 0 Å². The molecule has 0 saturated carbocycles. The van der Waals surface area contributed by atoms with Crippen LogP contribution in [-0.4, -0.2) is 13.1 Å². The fourth-order valence-corrected chi connectivity index (χ4v) is 2.72. The van der Waals surface area contributed by atoms with Gasteiger partial charge in [-0.15, -0.1) is 0 Å². The number of rotatable bonds is 5. The van der Waals surface area contributed by atoms with Gasteiger partial charge in [0.1, 0.15) is 0 Å². The first-order valence-corrected chi connectivity index (χ1v) is 6.61. The Bertz CT molecular complexity index is 332. The van der Waals surface area contributed by atoms with E-state index in [0.717, 1.165) is 11.8 Å². The van der Waals surface area contributed by atoms with E-state index in [-0.39, 0.29) is 0 Å². The highest BCUT2D eigenvalue weighted by molar-refractivity contribution is 5.35. The molecule has 1 N–H and O–H groups in total. The van der Waals surface area contributed by atoms with Crippen LogP contribution in [0.5, 0.6) is 0 Å². The first-order valence-electron chi connectivity index (χ1n) is 6.61. The monoisotopic (exact) mass is 217 g/mol. The van der Waals surface area contributed by atoms with Gasteiger partial charge in [0.2, 0.25) is 0 Å². The highest BCUT2D eigenvalue weighted by Crippen LogP contribution is 2.36. The summed E-state index contributed by atoms with van der Waals surface area (Å²) in [5.74, 6) is 1.53. The molecule has 0 unspecified atom stereocenters. The van der Waals surface area contributed by atoms with Crippen molar-refractivity contribution in [3.63, 3.8) is 0 Å². The maximum Gasteiger partial charge on any atom is -0.00116 e. The molecule has 1 aromatic rings. The molecule has 88 valence electrons. The van der Waals surface area contributed by atoms with Crippen molar-refractivity contribution in [2.24, 2.45) is 5.92 Å². The number of nitrogens with one attached hydrogen (secondary N) is 1. The van der Waals surface area contributed by atoms with Crippen LogP contribution in [0.15, 0.2) is 24.3 Å². The van der Waals surface area contributed by atoms with Gasteiger partial charge in [-0.05, 0) is 48.9 Å². The van der Waals surface area contributed by atoms with Gasteiger partial charge >= 0.3 is 0 Å². The van der Waals surface area contributed by atoms with Crippen molar-refractivity contribution in [1.29, 1.82) is 0 Å². The number of benzene rings is 1. The van der Waals surface area contributed by atoms with E-state index in [1.165, 1.54) is 32.4 Å². The smallest absolute Gasteiger partial charge is 0.00116 e. The van der Waals surface area contributed by atoms with Crippen molar-refractivity contribution < 1.29 is 0 Å². The summed E-state index contributed by atoms with van der Waals surface area (Å²) in [4.78, 5) is 0. The highest BCUT2D eigenvalue weighted by Gasteiger charge is 2.27. The Morgan fingerprint density at radius 3 is 2.88 bits per heavy atom. The van der Waals surface area contributed by atoms with Gasteiger partial charge in [0, 0.05) is 0 Å². The van der Waals surface area contributed by atoms with Crippen molar-refractivity contribution in [2.75, 3.05) is 13.1 Å². The van der Waals surface area contributed by atoms with Crippen molar-refractivity contribution in [3.8, 4) is 0 Å². The summed E-state index contributed by atoms with van der Waals surface area (Å²) >= 11 is 0. The average molecular weight is 217 g/mol. The van der Waals surface area contributed by atoms with Gasteiger partial charge in [0.15, 0.2) is 0 Å². The van der Waals surface area contributed by atoms with Crippen LogP contribution in [0.4, 0.5) is 0 Å². The van der Waals surface area contributed by atoms with Gasteiger partial charge in [-0.25, -0.2) is 0 Å². The number of unbranched alkanes of at least 4 members (excludes halogenated alkanes) is 1. The third-order valence-electron chi connectivity index (χ3n) is 3.85. The minimum absolute atomic E-state index is 0.727. The van der Waals surface area contributed by atoms with Crippen LogP contribution in [0.3, 0.4) is 0 Å². The maximum absolute atomic E-state index is 3.59. The SMILES string of the molecule is CCCCNC[C@@H]1Cc2ccccc2[C@@H]1C. The first kappa shape index (κ1) is 11.7. The van der Waals surface area contributed by atoms with Crippen LogP contribution in [0.1, 0.15) is 43.7 Å². The number of fused-ring (bicyclic) bond motifs is 1. The summed E-state index contributed by atoms with van der Waals surface area (Å²) in [5, 5.41) is 3.59. The van der Waals surface area contributed by atoms with E-state index in [9.17, 15) is 0 Å². The highest BCUT2D eigenvalue weighted by atomic mass is 14.9. The lowest BCUT2D eigenvalue weighted by molar-refractivity contribution is 0.440. The summed E-state index contributed by atoms with van der Waals surface area (Å²) in [6.07, 6.45) is 3.85. The minimum atomic E-state index is 0.727. The molecular formula is C15H23N. The molecule has 0 fully saturated rings. The molecule has 1 aliphatic carbocycles. The standard InChI is InChI=1S/C15H23N/c1-3-4-9-16-11-14-10-13-7-5-6-8-15(13)12(14)2/h5-8,12,14,16H,3-4,9-11H2,1-2H3/t12-,14+/m1/s1. The first-order chi connectivity index (χ1) is 7.83. The normalized spacial score (nSPS) is 23.4. The van der Waals surface area contributed by atoms with Gasteiger partial charge in [-0.3, -0.25) is 0 Å². The van der Waals surface area contributed by atoms with E-state index in [1.807, 2.05) is 0 Å². The third-order valence-corrected chi connectivity index (χ3v) is 3.85. The van der Waals surface area contributed by atoms with E-state index < -0.39 is 0 Å². The molecule has 2 atom stereocenters. The molecule has 1 heteroatoms. The summed E-state index contributed by atoms with van der Waals surface area (Å²) < 4.78 is 0.